The van der Waals surface area contributed by atoms with Gasteiger partial charge in [0.15, 0.2) is 11.2 Å². The molecule has 8 heteroatoms. The molecule has 0 spiro atoms. The number of anilines is 1. The molecule has 0 unspecified atom stereocenters. The molecule has 30 heavy (non-hydrogen) atoms. The SMILES string of the molecule is Cc1cccc(Cn2c(NCc3ccc(F)cc3)nc3c2c(=O)n(C)c(=O)n3C)c1. The minimum absolute atomic E-state index is 0.302. The highest BCUT2D eigenvalue weighted by molar-refractivity contribution is 5.74. The Balaban J connectivity index is 1.84. The Labute approximate surface area is 172 Å². The molecule has 0 aliphatic heterocycles. The minimum atomic E-state index is -0.433. The molecule has 0 saturated heterocycles. The number of benzene rings is 2. The van der Waals surface area contributed by atoms with Crippen LogP contribution in [0.1, 0.15) is 16.7 Å². The lowest BCUT2D eigenvalue weighted by Gasteiger charge is -2.12. The molecule has 7 nitrogen and oxygen atoms in total. The lowest BCUT2D eigenvalue weighted by Crippen LogP contribution is -2.37. The quantitative estimate of drug-likeness (QED) is 0.552. The van der Waals surface area contributed by atoms with Crippen LogP contribution < -0.4 is 16.6 Å². The molecule has 0 aliphatic rings. The van der Waals surface area contributed by atoms with Gasteiger partial charge in [0.1, 0.15) is 5.82 Å². The molecule has 0 amide bonds. The van der Waals surface area contributed by atoms with Gasteiger partial charge in [-0.1, -0.05) is 42.0 Å². The maximum absolute atomic E-state index is 13.2. The normalized spacial score (nSPS) is 11.2. The molecule has 2 aromatic heterocycles. The molecule has 154 valence electrons. The van der Waals surface area contributed by atoms with Gasteiger partial charge in [0.25, 0.3) is 5.56 Å². The Morgan fingerprint density at radius 3 is 2.43 bits per heavy atom. The van der Waals surface area contributed by atoms with Crippen LogP contribution in [0.2, 0.25) is 0 Å². The molecule has 0 atom stereocenters. The first-order chi connectivity index (χ1) is 14.3. The maximum atomic E-state index is 13.2. The van der Waals surface area contributed by atoms with Crippen LogP contribution in [0.5, 0.6) is 0 Å². The second-order valence-corrected chi connectivity index (χ2v) is 7.37. The van der Waals surface area contributed by atoms with E-state index >= 15 is 0 Å². The number of nitrogens with zero attached hydrogens (tertiary/aromatic N) is 4. The molecule has 2 heterocycles. The Kier molecular flexibility index (Phi) is 4.99. The number of aryl methyl sites for hydroxylation is 2. The standard InChI is InChI=1S/C22H22FN5O2/c1-14-5-4-6-16(11-14)13-28-18-19(26(2)22(30)27(3)20(18)29)25-21(28)24-12-15-7-9-17(23)10-8-15/h4-11H,12-13H2,1-3H3,(H,24,25). The summed E-state index contributed by atoms with van der Waals surface area (Å²) in [6.45, 7) is 2.81. The van der Waals surface area contributed by atoms with Gasteiger partial charge in [-0.25, -0.2) is 9.18 Å². The lowest BCUT2D eigenvalue weighted by atomic mass is 10.1. The summed E-state index contributed by atoms with van der Waals surface area (Å²) in [5, 5.41) is 3.23. The van der Waals surface area contributed by atoms with E-state index in [-0.39, 0.29) is 5.82 Å². The van der Waals surface area contributed by atoms with E-state index in [0.717, 1.165) is 21.3 Å². The van der Waals surface area contributed by atoms with E-state index in [1.807, 2.05) is 31.2 Å². The zero-order valence-electron chi connectivity index (χ0n) is 17.0. The number of hydrogen-bond acceptors (Lipinski definition) is 4. The number of nitrogens with one attached hydrogen (secondary N) is 1. The van der Waals surface area contributed by atoms with Gasteiger partial charge in [0, 0.05) is 20.6 Å². The second-order valence-electron chi connectivity index (χ2n) is 7.37. The number of halogens is 1. The van der Waals surface area contributed by atoms with Crippen LogP contribution in [0.4, 0.5) is 10.3 Å². The highest BCUT2D eigenvalue weighted by Gasteiger charge is 2.19. The summed E-state index contributed by atoms with van der Waals surface area (Å²) in [6.07, 6.45) is 0. The smallest absolute Gasteiger partial charge is 0.332 e. The maximum Gasteiger partial charge on any atom is 0.332 e. The monoisotopic (exact) mass is 407 g/mol. The van der Waals surface area contributed by atoms with Crippen molar-refractivity contribution in [3.05, 3.63) is 91.9 Å². The Hall–Kier alpha value is -3.68. The molecule has 0 saturated carbocycles. The number of aromatic nitrogens is 4. The van der Waals surface area contributed by atoms with E-state index < -0.39 is 11.2 Å². The van der Waals surface area contributed by atoms with E-state index in [0.29, 0.717) is 30.2 Å². The van der Waals surface area contributed by atoms with Crippen LogP contribution in [0.25, 0.3) is 11.2 Å². The van der Waals surface area contributed by atoms with Crippen molar-refractivity contribution in [2.75, 3.05) is 5.32 Å². The van der Waals surface area contributed by atoms with Crippen LogP contribution in [-0.4, -0.2) is 18.7 Å². The van der Waals surface area contributed by atoms with Gasteiger partial charge in [-0.05, 0) is 30.2 Å². The van der Waals surface area contributed by atoms with Crippen molar-refractivity contribution in [3.8, 4) is 0 Å². The molecule has 4 aromatic rings. The second kappa shape index (κ2) is 7.62. The summed E-state index contributed by atoms with van der Waals surface area (Å²) in [6, 6.07) is 14.2. The molecule has 0 radical (unpaired) electrons. The lowest BCUT2D eigenvalue weighted by molar-refractivity contribution is 0.627. The van der Waals surface area contributed by atoms with Crippen LogP contribution in [0.15, 0.2) is 58.1 Å². The summed E-state index contributed by atoms with van der Waals surface area (Å²) >= 11 is 0. The molecular formula is C22H22FN5O2. The summed E-state index contributed by atoms with van der Waals surface area (Å²) in [5.74, 6) is 0.165. The van der Waals surface area contributed by atoms with E-state index in [9.17, 15) is 14.0 Å². The van der Waals surface area contributed by atoms with Gasteiger partial charge in [0.2, 0.25) is 5.95 Å². The summed E-state index contributed by atoms with van der Waals surface area (Å²) in [4.78, 5) is 29.8. The van der Waals surface area contributed by atoms with Crippen LogP contribution in [0.3, 0.4) is 0 Å². The fraction of sp³-hybridized carbons (Fsp3) is 0.227. The summed E-state index contributed by atoms with van der Waals surface area (Å²) in [7, 11) is 3.05. The highest BCUT2D eigenvalue weighted by atomic mass is 19.1. The molecule has 0 aliphatic carbocycles. The zero-order chi connectivity index (χ0) is 21.4. The van der Waals surface area contributed by atoms with Crippen molar-refractivity contribution in [2.24, 2.45) is 14.1 Å². The summed E-state index contributed by atoms with van der Waals surface area (Å²) in [5.41, 5.74) is 2.82. The van der Waals surface area contributed by atoms with Gasteiger partial charge in [-0.2, -0.15) is 4.98 Å². The first-order valence-corrected chi connectivity index (χ1v) is 9.55. The number of imidazole rings is 1. The third-order valence-electron chi connectivity index (χ3n) is 5.14. The molecule has 2 aromatic carbocycles. The first-order valence-electron chi connectivity index (χ1n) is 9.55. The zero-order valence-corrected chi connectivity index (χ0v) is 17.0. The van der Waals surface area contributed by atoms with Crippen LogP contribution in [-0.2, 0) is 27.2 Å². The molecule has 0 fully saturated rings. The Morgan fingerprint density at radius 1 is 1.00 bits per heavy atom. The third kappa shape index (κ3) is 3.52. The van der Waals surface area contributed by atoms with E-state index in [1.54, 1.807) is 23.7 Å². The van der Waals surface area contributed by atoms with Gasteiger partial charge in [-0.15, -0.1) is 0 Å². The third-order valence-corrected chi connectivity index (χ3v) is 5.14. The molecular weight excluding hydrogens is 385 g/mol. The van der Waals surface area contributed by atoms with Gasteiger partial charge in [0.05, 0.1) is 6.54 Å². The average Bonchev–Trinajstić information content (AvgIpc) is 3.08. The van der Waals surface area contributed by atoms with Crippen molar-refractivity contribution in [1.82, 2.24) is 18.7 Å². The van der Waals surface area contributed by atoms with Crippen molar-refractivity contribution >= 4 is 17.1 Å². The number of hydrogen-bond donors (Lipinski definition) is 1. The predicted molar refractivity (Wildman–Crippen MR) is 114 cm³/mol. The number of rotatable bonds is 5. The molecule has 4 rings (SSSR count). The van der Waals surface area contributed by atoms with Gasteiger partial charge < -0.3 is 5.32 Å². The average molecular weight is 407 g/mol. The van der Waals surface area contributed by atoms with Crippen molar-refractivity contribution in [3.63, 3.8) is 0 Å². The fourth-order valence-electron chi connectivity index (χ4n) is 3.51. The van der Waals surface area contributed by atoms with Crippen molar-refractivity contribution < 1.29 is 4.39 Å². The van der Waals surface area contributed by atoms with E-state index in [2.05, 4.69) is 10.3 Å². The largest absolute Gasteiger partial charge is 0.351 e. The van der Waals surface area contributed by atoms with E-state index in [4.69, 9.17) is 0 Å². The van der Waals surface area contributed by atoms with E-state index in [1.165, 1.54) is 23.7 Å². The predicted octanol–water partition coefficient (Wildman–Crippen LogP) is 2.54. The number of fused-ring (bicyclic) bond motifs is 1. The Morgan fingerprint density at radius 2 is 1.73 bits per heavy atom. The first kappa shape index (κ1) is 19.6. The Bertz CT molecular complexity index is 1350. The van der Waals surface area contributed by atoms with Crippen LogP contribution in [0, 0.1) is 12.7 Å². The summed E-state index contributed by atoms with van der Waals surface area (Å²) < 4.78 is 17.4. The minimum Gasteiger partial charge on any atom is -0.351 e. The van der Waals surface area contributed by atoms with Crippen LogP contribution >= 0.6 is 0 Å². The highest BCUT2D eigenvalue weighted by Crippen LogP contribution is 2.19. The fourth-order valence-corrected chi connectivity index (χ4v) is 3.51. The molecule has 0 bridgehead atoms. The van der Waals surface area contributed by atoms with Crippen molar-refractivity contribution in [2.45, 2.75) is 20.0 Å². The molecule has 1 N–H and O–H groups in total. The van der Waals surface area contributed by atoms with Gasteiger partial charge in [-0.3, -0.25) is 18.5 Å². The topological polar surface area (TPSA) is 73.8 Å². The van der Waals surface area contributed by atoms with Gasteiger partial charge >= 0.3 is 5.69 Å². The van der Waals surface area contributed by atoms with Crippen molar-refractivity contribution in [1.29, 1.82) is 0 Å².